The van der Waals surface area contributed by atoms with Gasteiger partial charge in [0.1, 0.15) is 0 Å². The number of aliphatic hydroxyl groups is 3. The van der Waals surface area contributed by atoms with Gasteiger partial charge in [0.15, 0.2) is 0 Å². The van der Waals surface area contributed by atoms with E-state index in [1.165, 1.54) is 0 Å². The van der Waals surface area contributed by atoms with Crippen LogP contribution in [0.1, 0.15) is 46.0 Å². The summed E-state index contributed by atoms with van der Waals surface area (Å²) in [6.07, 6.45) is 3.66. The molecule has 1 heterocycles. The van der Waals surface area contributed by atoms with Gasteiger partial charge < -0.3 is 20.1 Å². The summed E-state index contributed by atoms with van der Waals surface area (Å²) in [6, 6.07) is 0.253. The molecule has 0 amide bonds. The van der Waals surface area contributed by atoms with E-state index < -0.39 is 11.7 Å². The van der Waals surface area contributed by atoms with E-state index in [1.54, 1.807) is 7.11 Å². The van der Waals surface area contributed by atoms with Crippen LogP contribution < -0.4 is 0 Å². The van der Waals surface area contributed by atoms with Crippen molar-refractivity contribution in [1.82, 2.24) is 4.90 Å². The molecular weight excluding hydrogens is 342 g/mol. The zero-order valence-electron chi connectivity index (χ0n) is 16.8. The van der Waals surface area contributed by atoms with Gasteiger partial charge in [0, 0.05) is 49.3 Å². The molecule has 5 saturated carbocycles. The Balaban J connectivity index is 1.59. The van der Waals surface area contributed by atoms with Crippen LogP contribution in [-0.4, -0.2) is 70.4 Å². The smallest absolute Gasteiger partial charge is 0.0771 e. The Morgan fingerprint density at radius 3 is 2.67 bits per heavy atom. The van der Waals surface area contributed by atoms with Crippen molar-refractivity contribution in [2.45, 2.75) is 75.9 Å². The number of aliphatic hydroxyl groups excluding tert-OH is 2. The Kier molecular flexibility index (Phi) is 3.33. The number of ether oxygens (including phenoxy) is 1. The molecule has 5 aliphatic carbocycles. The lowest BCUT2D eigenvalue weighted by molar-refractivity contribution is -0.266. The number of likely N-dealkylation sites (tertiary alicyclic amines) is 1. The van der Waals surface area contributed by atoms with Crippen molar-refractivity contribution in [3.05, 3.63) is 0 Å². The second-order valence-electron chi connectivity index (χ2n) is 11.1. The fraction of sp³-hybridized carbons (Fsp3) is 1.00. The Labute approximate surface area is 162 Å². The number of piperidine rings is 1. The molecule has 1 spiro atoms. The van der Waals surface area contributed by atoms with Gasteiger partial charge in [-0.2, -0.15) is 0 Å². The van der Waals surface area contributed by atoms with E-state index in [0.29, 0.717) is 12.3 Å². The number of hydrogen-bond donors (Lipinski definition) is 3. The Morgan fingerprint density at radius 1 is 1.19 bits per heavy atom. The first-order valence-corrected chi connectivity index (χ1v) is 11.2. The molecular formula is C22H35NO4. The summed E-state index contributed by atoms with van der Waals surface area (Å²) < 4.78 is 5.79. The lowest BCUT2D eigenvalue weighted by Crippen LogP contribution is -2.75. The second kappa shape index (κ2) is 5.10. The molecule has 1 saturated heterocycles. The average Bonchev–Trinajstić information content (AvgIpc) is 3.07. The first kappa shape index (κ1) is 17.6. The maximum atomic E-state index is 12.1. The van der Waals surface area contributed by atoms with Crippen molar-refractivity contribution in [2.75, 3.05) is 20.2 Å². The molecule has 5 nitrogen and oxygen atoms in total. The topological polar surface area (TPSA) is 73.2 Å². The largest absolute Gasteiger partial charge is 0.392 e. The highest BCUT2D eigenvalue weighted by molar-refractivity contribution is 5.32. The molecule has 6 rings (SSSR count). The van der Waals surface area contributed by atoms with E-state index >= 15 is 0 Å². The summed E-state index contributed by atoms with van der Waals surface area (Å²) in [4.78, 5) is 2.60. The number of nitrogens with zero attached hydrogens (tertiary/aromatic N) is 1. The third-order valence-electron chi connectivity index (χ3n) is 10.7. The van der Waals surface area contributed by atoms with Gasteiger partial charge in [0.2, 0.25) is 0 Å². The van der Waals surface area contributed by atoms with E-state index in [4.69, 9.17) is 4.74 Å². The first-order valence-electron chi connectivity index (χ1n) is 11.2. The van der Waals surface area contributed by atoms with E-state index in [1.807, 2.05) is 0 Å². The predicted molar refractivity (Wildman–Crippen MR) is 99.9 cm³/mol. The van der Waals surface area contributed by atoms with Crippen molar-refractivity contribution in [3.63, 3.8) is 0 Å². The van der Waals surface area contributed by atoms with Gasteiger partial charge >= 0.3 is 0 Å². The van der Waals surface area contributed by atoms with Crippen molar-refractivity contribution in [2.24, 2.45) is 40.4 Å². The zero-order valence-corrected chi connectivity index (χ0v) is 16.8. The van der Waals surface area contributed by atoms with Crippen LogP contribution in [-0.2, 0) is 4.74 Å². The fourth-order valence-corrected chi connectivity index (χ4v) is 10.1. The number of methoxy groups -OCH3 is 1. The summed E-state index contributed by atoms with van der Waals surface area (Å²) >= 11 is 0. The standard InChI is InChI=1S/C22H35NO4/c1-4-23-10-20(2)6-5-16(24)22-12-7-11-14(27-3)9-21(26,17(12)18(11)25)13(19(22)23)8-15(20)22/h11-19,24-26H,4-10H2,1-3H3/t11-,12-,13+,14+,15-,16+,17-,18+,19+,20+,21+,22-/m1/s1. The lowest BCUT2D eigenvalue weighted by Gasteiger charge is -2.68. The molecule has 7 bridgehead atoms. The summed E-state index contributed by atoms with van der Waals surface area (Å²) in [7, 11) is 1.73. The van der Waals surface area contributed by atoms with Crippen LogP contribution in [0, 0.1) is 40.4 Å². The van der Waals surface area contributed by atoms with Crippen molar-refractivity contribution >= 4 is 0 Å². The summed E-state index contributed by atoms with van der Waals surface area (Å²) in [5.41, 5.74) is -0.788. The minimum Gasteiger partial charge on any atom is -0.392 e. The van der Waals surface area contributed by atoms with Crippen LogP contribution in [0.25, 0.3) is 0 Å². The SMILES string of the molecule is CCN1C[C@]2(C)CC[C@H](O)[C@@]34[C@@H]5C[C@H]6[C@H](O)[C@@H]5[C@](O)(C[C@@H]6OC)[C@@H](C[C@H]23)[C@H]14. The van der Waals surface area contributed by atoms with Gasteiger partial charge in [0.05, 0.1) is 23.9 Å². The fourth-order valence-electron chi connectivity index (χ4n) is 10.1. The molecule has 0 aromatic carbocycles. The summed E-state index contributed by atoms with van der Waals surface area (Å²) in [5, 5.41) is 34.9. The highest BCUT2D eigenvalue weighted by atomic mass is 16.5. The number of fused-ring (bicyclic) bond motifs is 2. The molecule has 0 radical (unpaired) electrons. The van der Waals surface area contributed by atoms with E-state index in [9.17, 15) is 15.3 Å². The third kappa shape index (κ3) is 1.66. The second-order valence-corrected chi connectivity index (χ2v) is 11.1. The van der Waals surface area contributed by atoms with Gasteiger partial charge in [-0.25, -0.2) is 0 Å². The Bertz CT molecular complexity index is 673. The molecule has 0 aromatic rings. The molecule has 12 atom stereocenters. The maximum Gasteiger partial charge on any atom is 0.0771 e. The molecule has 0 aromatic heterocycles. The minimum absolute atomic E-state index is 0.0657. The highest BCUT2D eigenvalue weighted by Gasteiger charge is 2.82. The van der Waals surface area contributed by atoms with E-state index in [-0.39, 0.29) is 52.8 Å². The van der Waals surface area contributed by atoms with Crippen LogP contribution in [0.5, 0.6) is 0 Å². The van der Waals surface area contributed by atoms with Crippen LogP contribution in [0.15, 0.2) is 0 Å². The molecule has 3 N–H and O–H groups in total. The lowest BCUT2D eigenvalue weighted by atomic mass is 9.43. The molecule has 1 aliphatic heterocycles. The average molecular weight is 378 g/mol. The molecule has 5 heteroatoms. The van der Waals surface area contributed by atoms with Crippen LogP contribution in [0.2, 0.25) is 0 Å². The monoisotopic (exact) mass is 377 g/mol. The predicted octanol–water partition coefficient (Wildman–Crippen LogP) is 1.25. The Morgan fingerprint density at radius 2 is 1.96 bits per heavy atom. The van der Waals surface area contributed by atoms with Crippen LogP contribution >= 0.6 is 0 Å². The van der Waals surface area contributed by atoms with Gasteiger partial charge in [-0.15, -0.1) is 0 Å². The Hall–Kier alpha value is -0.200. The van der Waals surface area contributed by atoms with Crippen molar-refractivity contribution < 1.29 is 20.1 Å². The van der Waals surface area contributed by atoms with Crippen LogP contribution in [0.3, 0.4) is 0 Å². The van der Waals surface area contributed by atoms with Crippen molar-refractivity contribution in [1.29, 1.82) is 0 Å². The van der Waals surface area contributed by atoms with E-state index in [0.717, 1.165) is 38.8 Å². The van der Waals surface area contributed by atoms with Crippen molar-refractivity contribution in [3.8, 4) is 0 Å². The quantitative estimate of drug-likeness (QED) is 0.676. The molecule has 27 heavy (non-hydrogen) atoms. The molecule has 6 fully saturated rings. The third-order valence-corrected chi connectivity index (χ3v) is 10.7. The van der Waals surface area contributed by atoms with Gasteiger partial charge in [-0.05, 0) is 49.5 Å². The van der Waals surface area contributed by atoms with E-state index in [2.05, 4.69) is 18.7 Å². The normalized spacial score (nSPS) is 66.2. The summed E-state index contributed by atoms with van der Waals surface area (Å²) in [6.45, 7) is 6.74. The van der Waals surface area contributed by atoms with Gasteiger partial charge in [0.25, 0.3) is 0 Å². The first-order chi connectivity index (χ1) is 12.8. The number of hydrogen-bond acceptors (Lipinski definition) is 5. The molecule has 152 valence electrons. The molecule has 0 unspecified atom stereocenters. The van der Waals surface area contributed by atoms with Gasteiger partial charge in [-0.3, -0.25) is 4.90 Å². The number of rotatable bonds is 2. The minimum atomic E-state index is -0.858. The van der Waals surface area contributed by atoms with Gasteiger partial charge in [-0.1, -0.05) is 13.8 Å². The highest BCUT2D eigenvalue weighted by Crippen LogP contribution is 2.78. The molecule has 6 aliphatic rings. The van der Waals surface area contributed by atoms with Crippen LogP contribution in [0.4, 0.5) is 0 Å². The maximum absolute atomic E-state index is 12.1. The zero-order chi connectivity index (χ0) is 18.9. The summed E-state index contributed by atoms with van der Waals surface area (Å²) in [5.74, 6) is 0.840.